The second-order valence-corrected chi connectivity index (χ2v) is 7.71. The van der Waals surface area contributed by atoms with Crippen molar-refractivity contribution in [3.05, 3.63) is 98.5 Å². The number of carbonyl (C=O) groups is 1. The van der Waals surface area contributed by atoms with Crippen LogP contribution in [0.5, 0.6) is 0 Å². The maximum atomic E-state index is 13.2. The predicted molar refractivity (Wildman–Crippen MR) is 132 cm³/mol. The van der Waals surface area contributed by atoms with Gasteiger partial charge in [0.05, 0.1) is 13.2 Å². The summed E-state index contributed by atoms with van der Waals surface area (Å²) in [7, 11) is 1.49. The largest absolute Gasteiger partial charge is 0.441 e. The van der Waals surface area contributed by atoms with Gasteiger partial charge in [-0.25, -0.2) is 9.78 Å². The van der Waals surface area contributed by atoms with Gasteiger partial charge in [-0.15, -0.1) is 0 Å². The number of hydrogen-bond donors (Lipinski definition) is 3. The zero-order valence-electron chi connectivity index (χ0n) is 19.3. The van der Waals surface area contributed by atoms with E-state index in [-0.39, 0.29) is 30.4 Å². The number of hydrogen-bond acceptors (Lipinski definition) is 7. The van der Waals surface area contributed by atoms with Crippen molar-refractivity contribution in [2.45, 2.75) is 20.0 Å². The molecule has 2 aromatic carbocycles. The zero-order valence-corrected chi connectivity index (χ0v) is 19.3. The predicted octanol–water partition coefficient (Wildman–Crippen LogP) is 3.01. The lowest BCUT2D eigenvalue weighted by atomic mass is 10.2. The molecule has 3 N–H and O–H groups in total. The van der Waals surface area contributed by atoms with Gasteiger partial charge in [0.25, 0.3) is 11.5 Å². The van der Waals surface area contributed by atoms with Crippen molar-refractivity contribution < 1.29 is 13.9 Å². The summed E-state index contributed by atoms with van der Waals surface area (Å²) in [5.41, 5.74) is 0.393. The first kappa shape index (κ1) is 23.7. The Morgan fingerprint density at radius 3 is 2.46 bits per heavy atom. The van der Waals surface area contributed by atoms with Crippen LogP contribution in [0.1, 0.15) is 21.8 Å². The molecule has 0 unspecified atom stereocenters. The van der Waals surface area contributed by atoms with Crippen molar-refractivity contribution in [3.63, 3.8) is 0 Å². The third-order valence-corrected chi connectivity index (χ3v) is 5.29. The van der Waals surface area contributed by atoms with Gasteiger partial charge in [0.2, 0.25) is 5.89 Å². The van der Waals surface area contributed by atoms with E-state index >= 15 is 0 Å². The lowest BCUT2D eigenvalue weighted by molar-refractivity contribution is 0.102. The highest BCUT2D eigenvalue weighted by Crippen LogP contribution is 2.23. The minimum atomic E-state index is -0.672. The normalized spacial score (nSPS) is 10.8. The van der Waals surface area contributed by atoms with Gasteiger partial charge in [-0.1, -0.05) is 48.5 Å². The van der Waals surface area contributed by atoms with E-state index in [0.29, 0.717) is 23.8 Å². The molecule has 0 saturated carbocycles. The van der Waals surface area contributed by atoms with Crippen LogP contribution >= 0.6 is 0 Å². The first-order valence-electron chi connectivity index (χ1n) is 11.0. The average molecular weight is 476 g/mol. The number of carbonyl (C=O) groups excluding carboxylic acids is 1. The molecule has 0 aliphatic heterocycles. The molecule has 2 aromatic heterocycles. The van der Waals surface area contributed by atoms with Gasteiger partial charge in [-0.3, -0.25) is 19.1 Å². The van der Waals surface area contributed by atoms with E-state index in [1.807, 2.05) is 60.7 Å². The van der Waals surface area contributed by atoms with Crippen molar-refractivity contribution in [2.24, 2.45) is 0 Å². The van der Waals surface area contributed by atoms with Gasteiger partial charge in [-0.2, -0.15) is 0 Å². The van der Waals surface area contributed by atoms with Crippen LogP contribution in [0.3, 0.4) is 0 Å². The van der Waals surface area contributed by atoms with Crippen molar-refractivity contribution in [1.82, 2.24) is 14.5 Å². The van der Waals surface area contributed by atoms with Gasteiger partial charge in [0.1, 0.15) is 17.3 Å². The quantitative estimate of drug-likeness (QED) is 0.339. The number of benzene rings is 2. The summed E-state index contributed by atoms with van der Waals surface area (Å²) >= 11 is 0. The van der Waals surface area contributed by atoms with E-state index in [1.165, 1.54) is 11.7 Å². The fourth-order valence-corrected chi connectivity index (χ4v) is 3.53. The summed E-state index contributed by atoms with van der Waals surface area (Å²) in [6.07, 6.45) is 0. The molecular weight excluding hydrogens is 450 g/mol. The smallest absolute Gasteiger partial charge is 0.330 e. The number of aromatic amines is 1. The molecule has 0 aliphatic carbocycles. The van der Waals surface area contributed by atoms with Crippen LogP contribution in [0.25, 0.3) is 11.5 Å². The summed E-state index contributed by atoms with van der Waals surface area (Å²) in [5.74, 6) is -0.0121. The van der Waals surface area contributed by atoms with Crippen LogP contribution in [0.2, 0.25) is 0 Å². The first-order valence-corrected chi connectivity index (χ1v) is 11.0. The fourth-order valence-electron chi connectivity index (χ4n) is 3.53. The Morgan fingerprint density at radius 2 is 1.77 bits per heavy atom. The molecule has 180 valence electrons. The number of ether oxygens (including phenoxy) is 1. The van der Waals surface area contributed by atoms with Crippen molar-refractivity contribution in [1.29, 1.82) is 0 Å². The van der Waals surface area contributed by atoms with Gasteiger partial charge in [0, 0.05) is 19.2 Å². The Kier molecular flexibility index (Phi) is 7.22. The SMILES string of the molecule is COCCn1c(NC(=O)c2nc(-c3ccccc3)oc2C)c(NCc2ccccc2)c(=O)[nH]c1=O. The molecular formula is C25H25N5O5. The Balaban J connectivity index is 1.70. The maximum absolute atomic E-state index is 13.2. The molecule has 0 aliphatic rings. The molecule has 10 heteroatoms. The molecule has 35 heavy (non-hydrogen) atoms. The number of oxazole rings is 1. The van der Waals surface area contributed by atoms with Crippen LogP contribution in [0, 0.1) is 6.92 Å². The Morgan fingerprint density at radius 1 is 1.09 bits per heavy atom. The summed E-state index contributed by atoms with van der Waals surface area (Å²) in [4.78, 5) is 45.2. The number of nitrogens with zero attached hydrogens (tertiary/aromatic N) is 2. The lowest BCUT2D eigenvalue weighted by Crippen LogP contribution is -2.36. The molecule has 0 atom stereocenters. The number of anilines is 2. The summed E-state index contributed by atoms with van der Waals surface area (Å²) in [6.45, 7) is 2.22. The number of aryl methyl sites for hydroxylation is 1. The van der Waals surface area contributed by atoms with Crippen LogP contribution in [-0.2, 0) is 17.8 Å². The van der Waals surface area contributed by atoms with Gasteiger partial charge >= 0.3 is 5.69 Å². The van der Waals surface area contributed by atoms with Crippen molar-refractivity contribution in [3.8, 4) is 11.5 Å². The minimum absolute atomic E-state index is 0.0143. The highest BCUT2D eigenvalue weighted by Gasteiger charge is 2.23. The molecule has 0 saturated heterocycles. The topological polar surface area (TPSA) is 131 Å². The molecule has 4 rings (SSSR count). The van der Waals surface area contributed by atoms with Gasteiger partial charge in [-0.05, 0) is 24.6 Å². The molecule has 0 radical (unpaired) electrons. The zero-order chi connectivity index (χ0) is 24.8. The van der Waals surface area contributed by atoms with E-state index < -0.39 is 17.2 Å². The van der Waals surface area contributed by atoms with E-state index in [0.717, 1.165) is 5.56 Å². The molecule has 1 amide bonds. The second-order valence-electron chi connectivity index (χ2n) is 7.71. The number of methoxy groups -OCH3 is 1. The standard InChI is InChI=1S/C25H25N5O5/c1-16-19(27-24(35-16)18-11-7-4-8-12-18)22(31)28-21-20(26-15-17-9-5-3-6-10-17)23(32)29-25(33)30(21)13-14-34-2/h3-12,26H,13-15H2,1-2H3,(H,28,31)(H,29,32,33). The summed E-state index contributed by atoms with van der Waals surface area (Å²) in [6, 6.07) is 18.6. The second kappa shape index (κ2) is 10.7. The van der Waals surface area contributed by atoms with Crippen molar-refractivity contribution in [2.75, 3.05) is 24.4 Å². The molecule has 0 bridgehead atoms. The summed E-state index contributed by atoms with van der Waals surface area (Å²) < 4.78 is 12.0. The first-order chi connectivity index (χ1) is 17.0. The number of aromatic nitrogens is 3. The number of amides is 1. The van der Waals surface area contributed by atoms with Crippen LogP contribution in [-0.4, -0.2) is 34.2 Å². The highest BCUT2D eigenvalue weighted by atomic mass is 16.5. The minimum Gasteiger partial charge on any atom is -0.441 e. The van der Waals surface area contributed by atoms with E-state index in [1.54, 1.807) is 6.92 Å². The van der Waals surface area contributed by atoms with E-state index in [4.69, 9.17) is 9.15 Å². The van der Waals surface area contributed by atoms with Crippen molar-refractivity contribution >= 4 is 17.4 Å². The molecule has 0 fully saturated rings. The van der Waals surface area contributed by atoms with Crippen LogP contribution in [0.4, 0.5) is 11.5 Å². The fraction of sp³-hybridized carbons (Fsp3) is 0.200. The van der Waals surface area contributed by atoms with E-state index in [2.05, 4.69) is 20.6 Å². The number of H-pyrrole nitrogens is 1. The third-order valence-electron chi connectivity index (χ3n) is 5.29. The Labute approximate surface area is 200 Å². The third kappa shape index (κ3) is 5.39. The number of rotatable bonds is 9. The van der Waals surface area contributed by atoms with Crippen LogP contribution < -0.4 is 21.9 Å². The number of nitrogens with one attached hydrogen (secondary N) is 3. The molecule has 10 nitrogen and oxygen atoms in total. The Bertz CT molecular complexity index is 1420. The molecule has 0 spiro atoms. The molecule has 2 heterocycles. The van der Waals surface area contributed by atoms with E-state index in [9.17, 15) is 14.4 Å². The highest BCUT2D eigenvalue weighted by molar-refractivity contribution is 6.04. The Hall–Kier alpha value is -4.44. The lowest BCUT2D eigenvalue weighted by Gasteiger charge is -2.17. The van der Waals surface area contributed by atoms with Crippen LogP contribution in [0.15, 0.2) is 74.7 Å². The monoisotopic (exact) mass is 475 g/mol. The summed E-state index contributed by atoms with van der Waals surface area (Å²) in [5, 5.41) is 5.73. The molecule has 4 aromatic rings. The maximum Gasteiger partial charge on any atom is 0.330 e. The average Bonchev–Trinajstić information content (AvgIpc) is 3.26. The van der Waals surface area contributed by atoms with Gasteiger partial charge < -0.3 is 19.8 Å². The van der Waals surface area contributed by atoms with Gasteiger partial charge in [0.15, 0.2) is 5.69 Å².